The number of aryl methyl sites for hydroxylation is 1. The molecule has 0 spiro atoms. The molecule has 10 heteroatoms. The molecule has 4 aromatic rings. The highest BCUT2D eigenvalue weighted by Gasteiger charge is 2.17. The van der Waals surface area contributed by atoms with Crippen LogP contribution in [0.5, 0.6) is 0 Å². The third-order valence-corrected chi connectivity index (χ3v) is 5.69. The maximum absolute atomic E-state index is 12.0. The monoisotopic (exact) mass is 454 g/mol. The molecule has 0 aliphatic rings. The van der Waals surface area contributed by atoms with Crippen LogP contribution in [-0.4, -0.2) is 27.7 Å². The number of aromatic nitrogens is 3. The highest BCUT2D eigenvalue weighted by Crippen LogP contribution is 2.35. The van der Waals surface area contributed by atoms with Gasteiger partial charge >= 0.3 is 6.09 Å². The number of anilines is 3. The quantitative estimate of drug-likeness (QED) is 0.358. The summed E-state index contributed by atoms with van der Waals surface area (Å²) >= 11 is 7.42. The van der Waals surface area contributed by atoms with E-state index in [0.717, 1.165) is 15.2 Å². The number of nitrogens with zero attached hydrogens (tertiary/aromatic N) is 3. The Morgan fingerprint density at radius 2 is 1.94 bits per heavy atom. The average Bonchev–Trinajstić information content (AvgIpc) is 3.14. The molecule has 0 bridgehead atoms. The molecule has 0 unspecified atom stereocenters. The molecule has 158 valence electrons. The Bertz CT molecular complexity index is 1210. The van der Waals surface area contributed by atoms with E-state index in [9.17, 15) is 4.79 Å². The van der Waals surface area contributed by atoms with E-state index < -0.39 is 6.09 Å². The molecule has 4 rings (SSSR count). The van der Waals surface area contributed by atoms with Crippen molar-refractivity contribution in [3.8, 4) is 10.6 Å². The smallest absolute Gasteiger partial charge is 0.411 e. The zero-order valence-corrected chi connectivity index (χ0v) is 17.9. The lowest BCUT2D eigenvalue weighted by Gasteiger charge is -2.10. The zero-order chi connectivity index (χ0) is 21.8. The van der Waals surface area contributed by atoms with Crippen LogP contribution in [0, 0.1) is 0 Å². The lowest BCUT2D eigenvalue weighted by molar-refractivity contribution is 0.160. The maximum Gasteiger partial charge on any atom is 0.411 e. The first-order valence-corrected chi connectivity index (χ1v) is 10.7. The third-order valence-electron chi connectivity index (χ3n) is 4.40. The van der Waals surface area contributed by atoms with Gasteiger partial charge in [-0.15, -0.1) is 11.3 Å². The van der Waals surface area contributed by atoms with Crippen molar-refractivity contribution in [1.29, 1.82) is 0 Å². The molecule has 0 saturated carbocycles. The maximum atomic E-state index is 12.0. The van der Waals surface area contributed by atoms with Crippen LogP contribution in [0.3, 0.4) is 0 Å². The van der Waals surface area contributed by atoms with Crippen molar-refractivity contribution in [2.45, 2.75) is 12.8 Å². The van der Waals surface area contributed by atoms with Crippen molar-refractivity contribution >= 4 is 56.7 Å². The van der Waals surface area contributed by atoms with Crippen molar-refractivity contribution < 1.29 is 9.53 Å². The summed E-state index contributed by atoms with van der Waals surface area (Å²) in [4.78, 5) is 25.1. The van der Waals surface area contributed by atoms with E-state index in [1.165, 1.54) is 11.3 Å². The van der Waals surface area contributed by atoms with Crippen LogP contribution >= 0.6 is 22.9 Å². The van der Waals surface area contributed by atoms with Gasteiger partial charge in [-0.1, -0.05) is 29.8 Å². The largest absolute Gasteiger partial charge is 0.449 e. The van der Waals surface area contributed by atoms with E-state index in [4.69, 9.17) is 27.8 Å². The van der Waals surface area contributed by atoms with E-state index in [2.05, 4.69) is 20.3 Å². The van der Waals surface area contributed by atoms with Crippen LogP contribution in [0.25, 0.3) is 20.8 Å². The Balaban J connectivity index is 1.43. The summed E-state index contributed by atoms with van der Waals surface area (Å²) < 4.78 is 6.29. The molecule has 2 aromatic carbocycles. The Morgan fingerprint density at radius 1 is 1.10 bits per heavy atom. The average molecular weight is 455 g/mol. The van der Waals surface area contributed by atoms with E-state index in [0.29, 0.717) is 34.8 Å². The summed E-state index contributed by atoms with van der Waals surface area (Å²) in [6.45, 7) is 0.190. The highest BCUT2D eigenvalue weighted by molar-refractivity contribution is 7.21. The first-order valence-electron chi connectivity index (χ1n) is 9.47. The number of thiazole rings is 1. The van der Waals surface area contributed by atoms with Crippen LogP contribution in [0.1, 0.15) is 12.1 Å². The number of hydrogen-bond acceptors (Lipinski definition) is 8. The molecular formula is C21H19ClN6O2S. The van der Waals surface area contributed by atoms with Crippen molar-refractivity contribution in [3.05, 3.63) is 59.2 Å². The molecule has 1 amide bonds. The fraction of sp³-hybridized carbons (Fsp3) is 0.143. The van der Waals surface area contributed by atoms with Gasteiger partial charge in [0, 0.05) is 10.7 Å². The summed E-state index contributed by atoms with van der Waals surface area (Å²) in [6, 6.07) is 14.7. The second-order valence-electron chi connectivity index (χ2n) is 6.65. The van der Waals surface area contributed by atoms with Gasteiger partial charge in [0.1, 0.15) is 10.8 Å². The second kappa shape index (κ2) is 9.15. The molecule has 2 heterocycles. The fourth-order valence-corrected chi connectivity index (χ4v) is 4.30. The Hall–Kier alpha value is -3.43. The minimum absolute atomic E-state index is 0.0944. The number of nitrogen functional groups attached to an aromatic ring is 2. The van der Waals surface area contributed by atoms with Crippen LogP contribution in [-0.2, 0) is 11.2 Å². The number of carbonyl (C=O) groups is 1. The lowest BCUT2D eigenvalue weighted by atomic mass is 10.1. The molecule has 31 heavy (non-hydrogen) atoms. The normalized spacial score (nSPS) is 10.9. The van der Waals surface area contributed by atoms with E-state index >= 15 is 0 Å². The van der Waals surface area contributed by atoms with Crippen LogP contribution in [0.4, 0.5) is 22.2 Å². The summed E-state index contributed by atoms with van der Waals surface area (Å²) in [7, 11) is 0. The van der Waals surface area contributed by atoms with E-state index in [-0.39, 0.29) is 18.4 Å². The predicted octanol–water partition coefficient (Wildman–Crippen LogP) is 4.75. The van der Waals surface area contributed by atoms with Crippen LogP contribution in [0.2, 0.25) is 5.02 Å². The van der Waals surface area contributed by atoms with E-state index in [1.807, 2.05) is 24.3 Å². The minimum Gasteiger partial charge on any atom is -0.449 e. The molecule has 2 aromatic heterocycles. The molecule has 0 fully saturated rings. The first kappa shape index (κ1) is 20.8. The van der Waals surface area contributed by atoms with E-state index in [1.54, 1.807) is 24.3 Å². The number of rotatable bonds is 6. The van der Waals surface area contributed by atoms with Crippen molar-refractivity contribution in [1.82, 2.24) is 15.0 Å². The summed E-state index contributed by atoms with van der Waals surface area (Å²) in [6.07, 6.45) is 0.457. The fourth-order valence-electron chi connectivity index (χ4n) is 3.06. The van der Waals surface area contributed by atoms with Crippen LogP contribution in [0.15, 0.2) is 48.5 Å². The number of halogens is 1. The van der Waals surface area contributed by atoms with Gasteiger partial charge in [-0.05, 0) is 43.2 Å². The summed E-state index contributed by atoms with van der Waals surface area (Å²) in [5.41, 5.74) is 14.7. The molecule has 0 aliphatic carbocycles. The second-order valence-corrected chi connectivity index (χ2v) is 8.12. The van der Waals surface area contributed by atoms with Gasteiger partial charge in [-0.25, -0.2) is 14.8 Å². The number of hydrogen-bond donors (Lipinski definition) is 3. The van der Waals surface area contributed by atoms with Gasteiger partial charge in [-0.3, -0.25) is 5.32 Å². The number of carbonyl (C=O) groups excluding carboxylic acids is 1. The van der Waals surface area contributed by atoms with Gasteiger partial charge in [-0.2, -0.15) is 4.98 Å². The lowest BCUT2D eigenvalue weighted by Crippen LogP contribution is -2.15. The molecular weight excluding hydrogens is 436 g/mol. The van der Waals surface area contributed by atoms with Crippen molar-refractivity contribution in [2.75, 3.05) is 23.4 Å². The summed E-state index contributed by atoms with van der Waals surface area (Å²) in [5.74, 6) is 0.373. The minimum atomic E-state index is -0.560. The van der Waals surface area contributed by atoms with Crippen LogP contribution < -0.4 is 16.8 Å². The molecule has 0 atom stereocenters. The van der Waals surface area contributed by atoms with Gasteiger partial charge in [0.05, 0.1) is 28.1 Å². The number of nitrogens with one attached hydrogen (secondary N) is 1. The van der Waals surface area contributed by atoms with Crippen molar-refractivity contribution in [2.24, 2.45) is 0 Å². The Morgan fingerprint density at radius 3 is 2.74 bits per heavy atom. The number of amides is 1. The molecule has 5 N–H and O–H groups in total. The molecule has 8 nitrogen and oxygen atoms in total. The number of benzene rings is 2. The standard InChI is InChI=1S/C21H19ClN6O2S/c22-12-5-3-6-13(11-12)25-21(29)30-10-4-8-15-17(18(23)28-20(24)27-15)19-26-14-7-1-2-9-16(14)31-19/h1-3,5-7,9,11H,4,8,10H2,(H,25,29)(H4,23,24,27,28). The first-order chi connectivity index (χ1) is 15.0. The van der Waals surface area contributed by atoms with Gasteiger partial charge < -0.3 is 16.2 Å². The third kappa shape index (κ3) is 5.01. The number of nitrogens with two attached hydrogens (primary N) is 2. The molecule has 0 radical (unpaired) electrons. The zero-order valence-electron chi connectivity index (χ0n) is 16.3. The van der Waals surface area contributed by atoms with Gasteiger partial charge in [0.15, 0.2) is 0 Å². The number of fused-ring (bicyclic) bond motifs is 1. The van der Waals surface area contributed by atoms with Crippen molar-refractivity contribution in [3.63, 3.8) is 0 Å². The van der Waals surface area contributed by atoms with Gasteiger partial charge in [0.2, 0.25) is 5.95 Å². The molecule has 0 saturated heterocycles. The topological polar surface area (TPSA) is 129 Å². The SMILES string of the molecule is Nc1nc(N)c(-c2nc3ccccc3s2)c(CCCOC(=O)Nc2cccc(Cl)c2)n1. The predicted molar refractivity (Wildman–Crippen MR) is 124 cm³/mol. The number of para-hydroxylation sites is 1. The highest BCUT2D eigenvalue weighted by atomic mass is 35.5. The Kier molecular flexibility index (Phi) is 6.15. The Labute approximate surface area is 187 Å². The van der Waals surface area contributed by atoms with Gasteiger partial charge in [0.25, 0.3) is 0 Å². The number of ether oxygens (including phenoxy) is 1. The summed E-state index contributed by atoms with van der Waals surface area (Å²) in [5, 5.41) is 3.89. The molecule has 0 aliphatic heterocycles.